The van der Waals surface area contributed by atoms with E-state index in [2.05, 4.69) is 0 Å². The fourth-order valence-corrected chi connectivity index (χ4v) is 2.34. The molecule has 1 heterocycles. The molecule has 0 spiro atoms. The van der Waals surface area contributed by atoms with Gasteiger partial charge in [-0.25, -0.2) is 0 Å². The van der Waals surface area contributed by atoms with Crippen LogP contribution in [-0.4, -0.2) is 28.8 Å². The van der Waals surface area contributed by atoms with Crippen LogP contribution in [0, 0.1) is 17.0 Å². The average molecular weight is 248 g/mol. The molecule has 0 aliphatic carbocycles. The first-order valence-corrected chi connectivity index (χ1v) is 6.14. The van der Waals surface area contributed by atoms with Gasteiger partial charge < -0.3 is 4.90 Å². The highest BCUT2D eigenvalue weighted by Gasteiger charge is 2.27. The number of nitrogens with zero attached hydrogens (tertiary/aromatic N) is 2. The molecular formula is C13H16N2O3. The van der Waals surface area contributed by atoms with Gasteiger partial charge in [-0.2, -0.15) is 0 Å². The number of piperidine rings is 1. The maximum Gasteiger partial charge on any atom is 0.282 e. The molecule has 1 amide bonds. The van der Waals surface area contributed by atoms with Gasteiger partial charge in [0.2, 0.25) is 0 Å². The number of nitro groups is 1. The number of likely N-dealkylation sites (tertiary alicyclic amines) is 1. The molecule has 0 bridgehead atoms. The highest BCUT2D eigenvalue weighted by Crippen LogP contribution is 2.24. The van der Waals surface area contributed by atoms with Crippen molar-refractivity contribution >= 4 is 11.6 Å². The van der Waals surface area contributed by atoms with Crippen molar-refractivity contribution in [3.8, 4) is 0 Å². The third-order valence-electron chi connectivity index (χ3n) is 3.30. The molecule has 0 N–H and O–H groups in total. The average Bonchev–Trinajstić information content (AvgIpc) is 2.38. The van der Waals surface area contributed by atoms with Gasteiger partial charge in [0, 0.05) is 19.2 Å². The lowest BCUT2D eigenvalue weighted by Gasteiger charge is -2.27. The molecule has 2 rings (SSSR count). The Kier molecular flexibility index (Phi) is 3.60. The van der Waals surface area contributed by atoms with Gasteiger partial charge in [0.1, 0.15) is 5.56 Å². The summed E-state index contributed by atoms with van der Waals surface area (Å²) < 4.78 is 0. The van der Waals surface area contributed by atoms with Gasteiger partial charge in [-0.3, -0.25) is 14.9 Å². The van der Waals surface area contributed by atoms with Gasteiger partial charge in [0.15, 0.2) is 0 Å². The molecule has 0 unspecified atom stereocenters. The van der Waals surface area contributed by atoms with Gasteiger partial charge in [0.25, 0.3) is 11.6 Å². The van der Waals surface area contributed by atoms with E-state index in [1.807, 2.05) is 0 Å². The fourth-order valence-electron chi connectivity index (χ4n) is 2.34. The van der Waals surface area contributed by atoms with Crippen molar-refractivity contribution in [1.29, 1.82) is 0 Å². The van der Waals surface area contributed by atoms with Gasteiger partial charge in [-0.15, -0.1) is 0 Å². The van der Waals surface area contributed by atoms with Crippen LogP contribution < -0.4 is 0 Å². The Labute approximate surface area is 106 Å². The highest BCUT2D eigenvalue weighted by atomic mass is 16.6. The molecule has 1 aromatic rings. The van der Waals surface area contributed by atoms with Crippen molar-refractivity contribution in [2.75, 3.05) is 13.1 Å². The van der Waals surface area contributed by atoms with Crippen LogP contribution in [0.25, 0.3) is 0 Å². The Morgan fingerprint density at radius 2 is 1.94 bits per heavy atom. The van der Waals surface area contributed by atoms with E-state index in [1.54, 1.807) is 24.0 Å². The van der Waals surface area contributed by atoms with Gasteiger partial charge >= 0.3 is 0 Å². The van der Waals surface area contributed by atoms with Crippen molar-refractivity contribution in [3.05, 3.63) is 39.4 Å². The van der Waals surface area contributed by atoms with Crippen LogP contribution >= 0.6 is 0 Å². The number of aryl methyl sites for hydroxylation is 1. The third-order valence-corrected chi connectivity index (χ3v) is 3.30. The monoisotopic (exact) mass is 248 g/mol. The quantitative estimate of drug-likeness (QED) is 0.596. The molecule has 5 heteroatoms. The van der Waals surface area contributed by atoms with Crippen LogP contribution in [-0.2, 0) is 0 Å². The minimum atomic E-state index is -0.482. The zero-order valence-electron chi connectivity index (χ0n) is 10.4. The van der Waals surface area contributed by atoms with Crippen molar-refractivity contribution in [2.24, 2.45) is 0 Å². The van der Waals surface area contributed by atoms with Crippen molar-refractivity contribution in [1.82, 2.24) is 4.90 Å². The lowest BCUT2D eigenvalue weighted by molar-refractivity contribution is -0.385. The van der Waals surface area contributed by atoms with Crippen molar-refractivity contribution in [3.63, 3.8) is 0 Å². The fraction of sp³-hybridized carbons (Fsp3) is 0.462. The van der Waals surface area contributed by atoms with Gasteiger partial charge in [0.05, 0.1) is 4.92 Å². The molecule has 0 saturated carbocycles. The topological polar surface area (TPSA) is 63.5 Å². The summed E-state index contributed by atoms with van der Waals surface area (Å²) in [6, 6.07) is 4.74. The predicted octanol–water partition coefficient (Wildman–Crippen LogP) is 2.53. The molecule has 1 aliphatic rings. The molecule has 1 aromatic carbocycles. The molecule has 0 aromatic heterocycles. The maximum absolute atomic E-state index is 12.4. The Balaban J connectivity index is 2.36. The van der Waals surface area contributed by atoms with E-state index in [9.17, 15) is 14.9 Å². The first-order chi connectivity index (χ1) is 8.61. The highest BCUT2D eigenvalue weighted by molar-refractivity contribution is 5.99. The molecule has 1 saturated heterocycles. The van der Waals surface area contributed by atoms with Crippen LogP contribution in [0.4, 0.5) is 5.69 Å². The molecular weight excluding hydrogens is 232 g/mol. The first kappa shape index (κ1) is 12.5. The summed E-state index contributed by atoms with van der Waals surface area (Å²) in [6.45, 7) is 3.14. The molecule has 0 atom stereocenters. The smallest absolute Gasteiger partial charge is 0.282 e. The van der Waals surface area contributed by atoms with E-state index >= 15 is 0 Å². The van der Waals surface area contributed by atoms with Gasteiger partial charge in [-0.05, 0) is 31.7 Å². The zero-order chi connectivity index (χ0) is 13.1. The van der Waals surface area contributed by atoms with Crippen LogP contribution in [0.1, 0.15) is 35.2 Å². The summed E-state index contributed by atoms with van der Waals surface area (Å²) in [7, 11) is 0. The zero-order valence-corrected chi connectivity index (χ0v) is 10.4. The summed E-state index contributed by atoms with van der Waals surface area (Å²) in [5, 5.41) is 11.0. The number of amides is 1. The number of hydrogen-bond acceptors (Lipinski definition) is 3. The summed E-state index contributed by atoms with van der Waals surface area (Å²) in [6.07, 6.45) is 3.08. The van der Waals surface area contributed by atoms with Gasteiger partial charge in [-0.1, -0.05) is 12.1 Å². The second-order valence-electron chi connectivity index (χ2n) is 4.58. The number of hydrogen-bond donors (Lipinski definition) is 0. The van der Waals surface area contributed by atoms with Crippen LogP contribution in [0.3, 0.4) is 0 Å². The summed E-state index contributed by atoms with van der Waals surface area (Å²) >= 11 is 0. The minimum absolute atomic E-state index is 0.0921. The second kappa shape index (κ2) is 5.16. The normalized spacial score (nSPS) is 15.5. The van der Waals surface area contributed by atoms with E-state index in [0.29, 0.717) is 18.7 Å². The van der Waals surface area contributed by atoms with E-state index in [4.69, 9.17) is 0 Å². The number of carbonyl (C=O) groups is 1. The molecule has 1 fully saturated rings. The molecule has 18 heavy (non-hydrogen) atoms. The Morgan fingerprint density at radius 1 is 1.28 bits per heavy atom. The Bertz CT molecular complexity index is 479. The molecule has 1 aliphatic heterocycles. The minimum Gasteiger partial charge on any atom is -0.338 e. The maximum atomic E-state index is 12.4. The summed E-state index contributed by atoms with van der Waals surface area (Å²) in [4.78, 5) is 24.6. The Morgan fingerprint density at radius 3 is 2.56 bits per heavy atom. The van der Waals surface area contributed by atoms with Crippen molar-refractivity contribution < 1.29 is 9.72 Å². The number of carbonyl (C=O) groups excluding carboxylic acids is 1. The number of benzene rings is 1. The lowest BCUT2D eigenvalue weighted by atomic mass is 10.0. The summed E-state index contributed by atoms with van der Waals surface area (Å²) in [5.74, 6) is -0.209. The molecule has 5 nitrogen and oxygen atoms in total. The second-order valence-corrected chi connectivity index (χ2v) is 4.58. The lowest BCUT2D eigenvalue weighted by Crippen LogP contribution is -2.36. The van der Waals surface area contributed by atoms with E-state index < -0.39 is 4.92 Å². The molecule has 0 radical (unpaired) electrons. The number of rotatable bonds is 2. The van der Waals surface area contributed by atoms with Crippen molar-refractivity contribution in [2.45, 2.75) is 26.2 Å². The summed E-state index contributed by atoms with van der Waals surface area (Å²) in [5.41, 5.74) is 0.815. The third kappa shape index (κ3) is 2.34. The SMILES string of the molecule is Cc1cccc([N+](=O)[O-])c1C(=O)N1CCCCC1. The van der Waals surface area contributed by atoms with E-state index in [0.717, 1.165) is 19.3 Å². The van der Waals surface area contributed by atoms with Crippen LogP contribution in [0.15, 0.2) is 18.2 Å². The number of nitro benzene ring substituents is 1. The molecule has 96 valence electrons. The predicted molar refractivity (Wildman–Crippen MR) is 67.6 cm³/mol. The largest absolute Gasteiger partial charge is 0.338 e. The van der Waals surface area contributed by atoms with Crippen LogP contribution in [0.5, 0.6) is 0 Å². The standard InChI is InChI=1S/C13H16N2O3/c1-10-6-5-7-11(15(17)18)12(10)13(16)14-8-3-2-4-9-14/h5-7H,2-4,8-9H2,1H3. The first-order valence-electron chi connectivity index (χ1n) is 6.14. The Hall–Kier alpha value is -1.91. The van der Waals surface area contributed by atoms with E-state index in [1.165, 1.54) is 6.07 Å². The van der Waals surface area contributed by atoms with E-state index in [-0.39, 0.29) is 17.2 Å². The van der Waals surface area contributed by atoms with Crippen LogP contribution in [0.2, 0.25) is 0 Å².